The summed E-state index contributed by atoms with van der Waals surface area (Å²) in [6, 6.07) is 2.66. The molecule has 0 aliphatic carbocycles. The van der Waals surface area contributed by atoms with Gasteiger partial charge in [-0.1, -0.05) is 0 Å². The van der Waals surface area contributed by atoms with Gasteiger partial charge in [0.25, 0.3) is 0 Å². The summed E-state index contributed by atoms with van der Waals surface area (Å²) in [5, 5.41) is 3.42. The molecule has 3 rings (SSSR count). The number of piperidine rings is 1. The average molecular weight is 261 g/mol. The van der Waals surface area contributed by atoms with E-state index in [4.69, 9.17) is 0 Å². The Morgan fingerprint density at radius 3 is 2.68 bits per heavy atom. The van der Waals surface area contributed by atoms with Gasteiger partial charge in [0.15, 0.2) is 0 Å². The molecule has 1 atom stereocenters. The summed E-state index contributed by atoms with van der Waals surface area (Å²) < 4.78 is 0. The van der Waals surface area contributed by atoms with Gasteiger partial charge in [-0.25, -0.2) is 9.97 Å². The molecule has 1 unspecified atom stereocenters. The van der Waals surface area contributed by atoms with Crippen LogP contribution in [0.5, 0.6) is 0 Å². The van der Waals surface area contributed by atoms with Gasteiger partial charge in [0.1, 0.15) is 18.0 Å². The highest BCUT2D eigenvalue weighted by Gasteiger charge is 2.20. The van der Waals surface area contributed by atoms with Crippen LogP contribution in [0, 0.1) is 0 Å². The summed E-state index contributed by atoms with van der Waals surface area (Å²) in [6.07, 6.45) is 5.63. The Morgan fingerprint density at radius 1 is 1.11 bits per heavy atom. The second-order valence-corrected chi connectivity index (χ2v) is 5.53. The zero-order chi connectivity index (χ0) is 13.1. The number of nitrogens with one attached hydrogen (secondary N) is 1. The first kappa shape index (κ1) is 12.7. The maximum absolute atomic E-state index is 4.47. The molecule has 19 heavy (non-hydrogen) atoms. The summed E-state index contributed by atoms with van der Waals surface area (Å²) in [7, 11) is 0. The lowest BCUT2D eigenvalue weighted by Gasteiger charge is -2.35. The van der Waals surface area contributed by atoms with E-state index in [1.54, 1.807) is 6.33 Å². The van der Waals surface area contributed by atoms with Gasteiger partial charge in [0.05, 0.1) is 0 Å². The van der Waals surface area contributed by atoms with Crippen molar-refractivity contribution < 1.29 is 0 Å². The molecular weight excluding hydrogens is 238 g/mol. The highest BCUT2D eigenvalue weighted by atomic mass is 15.3. The minimum absolute atomic E-state index is 0.498. The van der Waals surface area contributed by atoms with Crippen LogP contribution >= 0.6 is 0 Å². The second kappa shape index (κ2) is 5.74. The normalized spacial score (nSPS) is 24.6. The predicted molar refractivity (Wildman–Crippen MR) is 77.8 cm³/mol. The van der Waals surface area contributed by atoms with Crippen molar-refractivity contribution in [2.45, 2.75) is 32.2 Å². The standard InChI is InChI=1S/C14H23N5/c1-12-10-15-5-8-19(12)14-9-13(16-11-17-14)18-6-3-2-4-7-18/h9,11-12,15H,2-8,10H2,1H3. The number of hydrogen-bond acceptors (Lipinski definition) is 5. The summed E-state index contributed by atoms with van der Waals surface area (Å²) in [5.74, 6) is 2.17. The first-order valence-corrected chi connectivity index (χ1v) is 7.39. The predicted octanol–water partition coefficient (Wildman–Crippen LogP) is 1.26. The van der Waals surface area contributed by atoms with Crippen LogP contribution in [0.25, 0.3) is 0 Å². The molecule has 2 fully saturated rings. The Labute approximate surface area is 115 Å². The number of nitrogens with zero attached hydrogens (tertiary/aromatic N) is 4. The molecule has 0 aromatic carbocycles. The van der Waals surface area contributed by atoms with E-state index in [9.17, 15) is 0 Å². The quantitative estimate of drug-likeness (QED) is 0.868. The van der Waals surface area contributed by atoms with E-state index in [2.05, 4.69) is 38.1 Å². The summed E-state index contributed by atoms with van der Waals surface area (Å²) >= 11 is 0. The van der Waals surface area contributed by atoms with Crippen molar-refractivity contribution in [3.63, 3.8) is 0 Å². The van der Waals surface area contributed by atoms with E-state index >= 15 is 0 Å². The van der Waals surface area contributed by atoms with Crippen molar-refractivity contribution in [1.29, 1.82) is 0 Å². The summed E-state index contributed by atoms with van der Waals surface area (Å²) in [4.78, 5) is 13.7. The van der Waals surface area contributed by atoms with Crippen LogP contribution in [0.2, 0.25) is 0 Å². The van der Waals surface area contributed by atoms with Gasteiger partial charge < -0.3 is 15.1 Å². The van der Waals surface area contributed by atoms with Crippen LogP contribution in [0.3, 0.4) is 0 Å². The third-order valence-corrected chi connectivity index (χ3v) is 4.11. The molecule has 3 heterocycles. The minimum atomic E-state index is 0.498. The molecule has 0 radical (unpaired) electrons. The highest BCUT2D eigenvalue weighted by molar-refractivity contribution is 5.51. The largest absolute Gasteiger partial charge is 0.356 e. The molecule has 2 aliphatic heterocycles. The van der Waals surface area contributed by atoms with Gasteiger partial charge in [-0.3, -0.25) is 0 Å². The van der Waals surface area contributed by atoms with Crippen molar-refractivity contribution in [3.05, 3.63) is 12.4 Å². The smallest absolute Gasteiger partial charge is 0.134 e. The molecule has 1 aromatic rings. The fourth-order valence-corrected chi connectivity index (χ4v) is 2.97. The molecule has 2 aliphatic rings. The van der Waals surface area contributed by atoms with Crippen molar-refractivity contribution in [2.24, 2.45) is 0 Å². The number of aromatic nitrogens is 2. The average Bonchev–Trinajstić information content (AvgIpc) is 2.49. The highest BCUT2D eigenvalue weighted by Crippen LogP contribution is 2.22. The Morgan fingerprint density at radius 2 is 1.89 bits per heavy atom. The number of anilines is 2. The molecular formula is C14H23N5. The third-order valence-electron chi connectivity index (χ3n) is 4.11. The number of hydrogen-bond donors (Lipinski definition) is 1. The molecule has 104 valence electrons. The van der Waals surface area contributed by atoms with Gasteiger partial charge in [0.2, 0.25) is 0 Å². The zero-order valence-electron chi connectivity index (χ0n) is 11.7. The van der Waals surface area contributed by atoms with Crippen molar-refractivity contribution in [1.82, 2.24) is 15.3 Å². The van der Waals surface area contributed by atoms with E-state index in [0.717, 1.165) is 44.4 Å². The Balaban J connectivity index is 1.78. The van der Waals surface area contributed by atoms with Crippen molar-refractivity contribution >= 4 is 11.6 Å². The first-order chi connectivity index (χ1) is 9.34. The summed E-state index contributed by atoms with van der Waals surface area (Å²) in [6.45, 7) is 7.60. The molecule has 0 bridgehead atoms. The van der Waals surface area contributed by atoms with Crippen molar-refractivity contribution in [2.75, 3.05) is 42.5 Å². The van der Waals surface area contributed by atoms with E-state index in [-0.39, 0.29) is 0 Å². The monoisotopic (exact) mass is 261 g/mol. The minimum Gasteiger partial charge on any atom is -0.356 e. The van der Waals surface area contributed by atoms with E-state index in [1.807, 2.05) is 0 Å². The fourth-order valence-electron chi connectivity index (χ4n) is 2.97. The molecule has 2 saturated heterocycles. The molecule has 0 spiro atoms. The molecule has 0 amide bonds. The lowest BCUT2D eigenvalue weighted by molar-refractivity contribution is 0.496. The molecule has 5 heteroatoms. The number of piperazine rings is 1. The topological polar surface area (TPSA) is 44.3 Å². The summed E-state index contributed by atoms with van der Waals surface area (Å²) in [5.41, 5.74) is 0. The van der Waals surface area contributed by atoms with Crippen LogP contribution in [-0.4, -0.2) is 48.7 Å². The van der Waals surface area contributed by atoms with Gasteiger partial charge in [-0.05, 0) is 26.2 Å². The number of rotatable bonds is 2. The maximum Gasteiger partial charge on any atom is 0.134 e. The second-order valence-electron chi connectivity index (χ2n) is 5.53. The lowest BCUT2D eigenvalue weighted by atomic mass is 10.1. The van der Waals surface area contributed by atoms with Crippen LogP contribution in [0.1, 0.15) is 26.2 Å². The van der Waals surface area contributed by atoms with Crippen LogP contribution < -0.4 is 15.1 Å². The Hall–Kier alpha value is -1.36. The van der Waals surface area contributed by atoms with Crippen LogP contribution in [0.15, 0.2) is 12.4 Å². The van der Waals surface area contributed by atoms with E-state index in [0.29, 0.717) is 6.04 Å². The SMILES string of the molecule is CC1CNCCN1c1cc(N2CCCCC2)ncn1. The Kier molecular flexibility index (Phi) is 3.82. The first-order valence-electron chi connectivity index (χ1n) is 7.39. The van der Waals surface area contributed by atoms with E-state index < -0.39 is 0 Å². The van der Waals surface area contributed by atoms with Crippen LogP contribution in [0.4, 0.5) is 11.6 Å². The lowest BCUT2D eigenvalue weighted by Crippen LogP contribution is -2.50. The van der Waals surface area contributed by atoms with Gasteiger partial charge in [-0.2, -0.15) is 0 Å². The molecule has 5 nitrogen and oxygen atoms in total. The molecule has 1 N–H and O–H groups in total. The Bertz CT molecular complexity index is 416. The van der Waals surface area contributed by atoms with Crippen molar-refractivity contribution in [3.8, 4) is 0 Å². The van der Waals surface area contributed by atoms with Gasteiger partial charge in [-0.15, -0.1) is 0 Å². The fraction of sp³-hybridized carbons (Fsp3) is 0.714. The molecule has 0 saturated carbocycles. The van der Waals surface area contributed by atoms with Crippen LogP contribution in [-0.2, 0) is 0 Å². The van der Waals surface area contributed by atoms with Gasteiger partial charge in [0, 0.05) is 44.8 Å². The zero-order valence-corrected chi connectivity index (χ0v) is 11.7. The third kappa shape index (κ3) is 2.81. The van der Waals surface area contributed by atoms with E-state index in [1.165, 1.54) is 19.3 Å². The maximum atomic E-state index is 4.47. The molecule has 1 aromatic heterocycles. The van der Waals surface area contributed by atoms with Gasteiger partial charge >= 0.3 is 0 Å².